The lowest BCUT2D eigenvalue weighted by Crippen LogP contribution is -2.38. The number of carbonyl (C=O) groups excluding carboxylic acids is 1. The van der Waals surface area contributed by atoms with Crippen molar-refractivity contribution < 1.29 is 14.6 Å². The maximum absolute atomic E-state index is 12.9. The molecule has 1 aromatic carbocycles. The lowest BCUT2D eigenvalue weighted by molar-refractivity contribution is 0.0705. The highest BCUT2D eigenvalue weighted by atomic mass is 16.5. The molecule has 1 N–H and O–H groups in total. The minimum Gasteiger partial charge on any atom is -0.493 e. The Balaban J connectivity index is 1.49. The zero-order valence-corrected chi connectivity index (χ0v) is 15.2. The third-order valence-electron chi connectivity index (χ3n) is 4.92. The predicted molar refractivity (Wildman–Crippen MR) is 96.1 cm³/mol. The summed E-state index contributed by atoms with van der Waals surface area (Å²) < 4.78 is 7.41. The fourth-order valence-corrected chi connectivity index (χ4v) is 3.57. The van der Waals surface area contributed by atoms with E-state index >= 15 is 0 Å². The van der Waals surface area contributed by atoms with Crippen LogP contribution in [0.2, 0.25) is 0 Å². The molecule has 1 amide bonds. The van der Waals surface area contributed by atoms with Gasteiger partial charge in [-0.05, 0) is 43.9 Å². The first-order valence-electron chi connectivity index (χ1n) is 8.95. The van der Waals surface area contributed by atoms with Gasteiger partial charge < -0.3 is 19.6 Å². The van der Waals surface area contributed by atoms with Gasteiger partial charge in [-0.3, -0.25) is 9.48 Å². The molecule has 2 aromatic rings. The third kappa shape index (κ3) is 3.20. The normalized spacial score (nSPS) is 17.0. The summed E-state index contributed by atoms with van der Waals surface area (Å²) in [5.74, 6) is 0.917. The molecular weight excluding hydrogens is 332 g/mol. The van der Waals surface area contributed by atoms with E-state index in [-0.39, 0.29) is 5.91 Å². The van der Waals surface area contributed by atoms with Crippen molar-refractivity contribution in [2.45, 2.75) is 25.6 Å². The van der Waals surface area contributed by atoms with Crippen LogP contribution in [0.1, 0.15) is 33.4 Å². The maximum atomic E-state index is 12.9. The van der Waals surface area contributed by atoms with Crippen LogP contribution in [0.4, 0.5) is 0 Å². The summed E-state index contributed by atoms with van der Waals surface area (Å²) in [6, 6.07) is 7.58. The van der Waals surface area contributed by atoms with Crippen molar-refractivity contribution in [3.8, 4) is 5.75 Å². The molecule has 3 heterocycles. The number of aliphatic hydroxyl groups excluding tert-OH is 1. The number of amides is 1. The Morgan fingerprint density at radius 3 is 3.00 bits per heavy atom. The van der Waals surface area contributed by atoms with Crippen LogP contribution >= 0.6 is 0 Å². The standard InChI is InChI=1S/C19H24N4O3/c1-21(2)12-17(24)16-10-15-11-22(6-7-23(15)20-16)19(25)14-3-4-18-13(9-14)5-8-26-18/h3-4,9-10,17,24H,5-8,11-12H2,1-2H3/t17-/m1/s1. The van der Waals surface area contributed by atoms with Crippen LogP contribution in [0.3, 0.4) is 0 Å². The summed E-state index contributed by atoms with van der Waals surface area (Å²) in [4.78, 5) is 16.7. The summed E-state index contributed by atoms with van der Waals surface area (Å²) in [5.41, 5.74) is 3.43. The van der Waals surface area contributed by atoms with Gasteiger partial charge in [0.25, 0.3) is 5.91 Å². The molecule has 0 fully saturated rings. The number of aliphatic hydroxyl groups is 1. The van der Waals surface area contributed by atoms with E-state index in [4.69, 9.17) is 4.74 Å². The molecule has 7 nitrogen and oxygen atoms in total. The predicted octanol–water partition coefficient (Wildman–Crippen LogP) is 1.07. The fraction of sp³-hybridized carbons (Fsp3) is 0.474. The van der Waals surface area contributed by atoms with E-state index in [1.807, 2.05) is 52.8 Å². The van der Waals surface area contributed by atoms with E-state index in [9.17, 15) is 9.90 Å². The summed E-state index contributed by atoms with van der Waals surface area (Å²) >= 11 is 0. The largest absolute Gasteiger partial charge is 0.493 e. The van der Waals surface area contributed by atoms with Crippen molar-refractivity contribution >= 4 is 5.91 Å². The second-order valence-corrected chi connectivity index (χ2v) is 7.21. The number of rotatable bonds is 4. The minimum atomic E-state index is -0.621. The first-order chi connectivity index (χ1) is 12.5. The zero-order valence-electron chi connectivity index (χ0n) is 15.2. The second-order valence-electron chi connectivity index (χ2n) is 7.21. The Bertz CT molecular complexity index is 830. The first-order valence-corrected chi connectivity index (χ1v) is 8.95. The van der Waals surface area contributed by atoms with Crippen LogP contribution in [0.5, 0.6) is 5.75 Å². The number of aromatic nitrogens is 2. The molecule has 0 saturated heterocycles. The van der Waals surface area contributed by atoms with Crippen LogP contribution < -0.4 is 4.74 Å². The van der Waals surface area contributed by atoms with Gasteiger partial charge in [0.2, 0.25) is 0 Å². The molecule has 0 aliphatic carbocycles. The molecule has 26 heavy (non-hydrogen) atoms. The average molecular weight is 356 g/mol. The number of nitrogens with zero attached hydrogens (tertiary/aromatic N) is 4. The maximum Gasteiger partial charge on any atom is 0.254 e. The highest BCUT2D eigenvalue weighted by Gasteiger charge is 2.26. The van der Waals surface area contributed by atoms with Gasteiger partial charge >= 0.3 is 0 Å². The molecule has 4 rings (SSSR count). The smallest absolute Gasteiger partial charge is 0.254 e. The quantitative estimate of drug-likeness (QED) is 0.887. The number of hydrogen-bond donors (Lipinski definition) is 1. The number of likely N-dealkylation sites (N-methyl/N-ethyl adjacent to an activating group) is 1. The van der Waals surface area contributed by atoms with Crippen LogP contribution in [-0.4, -0.2) is 64.4 Å². The number of ether oxygens (including phenoxy) is 1. The van der Waals surface area contributed by atoms with Crippen LogP contribution in [-0.2, 0) is 19.5 Å². The summed E-state index contributed by atoms with van der Waals surface area (Å²) in [7, 11) is 3.84. The number of carbonyl (C=O) groups is 1. The minimum absolute atomic E-state index is 0.0301. The Morgan fingerprint density at radius 2 is 2.19 bits per heavy atom. The van der Waals surface area contributed by atoms with Crippen molar-refractivity contribution in [2.75, 3.05) is 33.8 Å². The van der Waals surface area contributed by atoms with E-state index in [0.717, 1.165) is 23.4 Å². The van der Waals surface area contributed by atoms with Crippen molar-refractivity contribution in [1.82, 2.24) is 19.6 Å². The van der Waals surface area contributed by atoms with E-state index in [1.165, 1.54) is 0 Å². The van der Waals surface area contributed by atoms with Gasteiger partial charge in [0.05, 0.1) is 31.1 Å². The van der Waals surface area contributed by atoms with Crippen molar-refractivity contribution in [3.63, 3.8) is 0 Å². The molecule has 0 bridgehead atoms. The van der Waals surface area contributed by atoms with Gasteiger partial charge in [-0.1, -0.05) is 0 Å². The number of fused-ring (bicyclic) bond motifs is 2. The molecule has 138 valence electrons. The highest BCUT2D eigenvalue weighted by Crippen LogP contribution is 2.27. The lowest BCUT2D eigenvalue weighted by atomic mass is 10.1. The van der Waals surface area contributed by atoms with Gasteiger partial charge in [0, 0.05) is 25.1 Å². The van der Waals surface area contributed by atoms with Gasteiger partial charge in [-0.15, -0.1) is 0 Å². The van der Waals surface area contributed by atoms with E-state index in [1.54, 1.807) is 0 Å². The Kier molecular flexibility index (Phi) is 4.42. The molecule has 1 aromatic heterocycles. The first kappa shape index (κ1) is 17.1. The van der Waals surface area contributed by atoms with E-state index in [0.29, 0.717) is 44.0 Å². The average Bonchev–Trinajstić information content (AvgIpc) is 3.25. The molecule has 2 aliphatic rings. The molecule has 1 atom stereocenters. The van der Waals surface area contributed by atoms with Gasteiger partial charge in [-0.2, -0.15) is 5.10 Å². The molecule has 2 aliphatic heterocycles. The molecule has 0 radical (unpaired) electrons. The SMILES string of the molecule is CN(C)C[C@@H](O)c1cc2n(n1)CCN(C(=O)c1ccc3c(c1)CCO3)C2. The van der Waals surface area contributed by atoms with Crippen LogP contribution in [0.25, 0.3) is 0 Å². The monoisotopic (exact) mass is 356 g/mol. The number of hydrogen-bond acceptors (Lipinski definition) is 5. The third-order valence-corrected chi connectivity index (χ3v) is 4.92. The second kappa shape index (κ2) is 6.74. The van der Waals surface area contributed by atoms with E-state index in [2.05, 4.69) is 5.10 Å². The fourth-order valence-electron chi connectivity index (χ4n) is 3.57. The van der Waals surface area contributed by atoms with Crippen LogP contribution in [0, 0.1) is 0 Å². The van der Waals surface area contributed by atoms with Gasteiger partial charge in [-0.25, -0.2) is 0 Å². The van der Waals surface area contributed by atoms with Crippen molar-refractivity contribution in [3.05, 3.63) is 46.8 Å². The van der Waals surface area contributed by atoms with Gasteiger partial charge in [0.1, 0.15) is 11.9 Å². The topological polar surface area (TPSA) is 70.8 Å². The molecule has 0 spiro atoms. The van der Waals surface area contributed by atoms with Gasteiger partial charge in [0.15, 0.2) is 0 Å². The Morgan fingerprint density at radius 1 is 1.35 bits per heavy atom. The molecule has 7 heteroatoms. The zero-order chi connectivity index (χ0) is 18.3. The Labute approximate surface area is 152 Å². The van der Waals surface area contributed by atoms with E-state index < -0.39 is 6.10 Å². The summed E-state index contributed by atoms with van der Waals surface area (Å²) in [6.07, 6.45) is 0.236. The van der Waals surface area contributed by atoms with Crippen LogP contribution in [0.15, 0.2) is 24.3 Å². The summed E-state index contributed by atoms with van der Waals surface area (Å²) in [6.45, 7) is 2.98. The highest BCUT2D eigenvalue weighted by molar-refractivity contribution is 5.94. The summed E-state index contributed by atoms with van der Waals surface area (Å²) in [5, 5.41) is 14.8. The molecule has 0 unspecified atom stereocenters. The lowest BCUT2D eigenvalue weighted by Gasteiger charge is -2.27. The van der Waals surface area contributed by atoms with Crippen molar-refractivity contribution in [2.24, 2.45) is 0 Å². The molecule has 0 saturated carbocycles. The molecular formula is C19H24N4O3. The Hall–Kier alpha value is -2.38. The van der Waals surface area contributed by atoms with Crippen molar-refractivity contribution in [1.29, 1.82) is 0 Å². The number of benzene rings is 1.